The minimum absolute atomic E-state index is 0.217. The molecule has 0 aromatic carbocycles. The molecule has 1 aliphatic heterocycles. The van der Waals surface area contributed by atoms with Crippen LogP contribution in [0.2, 0.25) is 0 Å². The lowest BCUT2D eigenvalue weighted by atomic mass is 9.83. The van der Waals surface area contributed by atoms with Crippen molar-refractivity contribution in [2.24, 2.45) is 5.92 Å². The Morgan fingerprint density at radius 2 is 2.14 bits per heavy atom. The number of pyridine rings is 1. The van der Waals surface area contributed by atoms with Gasteiger partial charge in [-0.25, -0.2) is 0 Å². The van der Waals surface area contributed by atoms with Crippen molar-refractivity contribution in [2.75, 3.05) is 13.1 Å². The van der Waals surface area contributed by atoms with Gasteiger partial charge in [0.1, 0.15) is 5.76 Å². The Kier molecular flexibility index (Phi) is 5.76. The van der Waals surface area contributed by atoms with Crippen molar-refractivity contribution in [2.45, 2.75) is 65.1 Å². The number of rotatable bonds is 6. The lowest BCUT2D eigenvalue weighted by Crippen LogP contribution is -2.51. The van der Waals surface area contributed by atoms with Crippen molar-refractivity contribution >= 4 is 5.91 Å². The Balaban J connectivity index is 1.49. The summed E-state index contributed by atoms with van der Waals surface area (Å²) in [6, 6.07) is 4.27. The molecule has 1 unspecified atom stereocenters. The molecule has 28 heavy (non-hydrogen) atoms. The average molecular weight is 383 g/mol. The first kappa shape index (κ1) is 19.1. The normalized spacial score (nSPS) is 20.7. The molecule has 2 aromatic rings. The zero-order chi connectivity index (χ0) is 19.5. The van der Waals surface area contributed by atoms with Crippen molar-refractivity contribution in [3.63, 3.8) is 0 Å². The van der Waals surface area contributed by atoms with Crippen LogP contribution in [0.25, 0.3) is 0 Å². The minimum Gasteiger partial charge on any atom is -0.361 e. The third-order valence-corrected chi connectivity index (χ3v) is 6.30. The fourth-order valence-electron chi connectivity index (χ4n) is 4.35. The average Bonchev–Trinajstić information content (AvgIpc) is 2.98. The zero-order valence-electron chi connectivity index (χ0n) is 16.9. The molecule has 1 aliphatic carbocycles. The second-order valence-electron chi connectivity index (χ2n) is 8.29. The van der Waals surface area contributed by atoms with Gasteiger partial charge in [-0.3, -0.25) is 14.7 Å². The molecular weight excluding hydrogens is 352 g/mol. The molecule has 3 heterocycles. The van der Waals surface area contributed by atoms with Gasteiger partial charge in [0.25, 0.3) is 0 Å². The van der Waals surface area contributed by atoms with Crippen LogP contribution < -0.4 is 0 Å². The highest BCUT2D eigenvalue weighted by Gasteiger charge is 2.35. The maximum atomic E-state index is 13.2. The van der Waals surface area contributed by atoms with E-state index in [0.717, 1.165) is 62.3 Å². The Bertz CT molecular complexity index is 781. The van der Waals surface area contributed by atoms with Gasteiger partial charge in [-0.2, -0.15) is 0 Å². The van der Waals surface area contributed by atoms with Crippen LogP contribution in [0.15, 0.2) is 29.0 Å². The highest BCUT2D eigenvalue weighted by molar-refractivity contribution is 5.80. The van der Waals surface area contributed by atoms with Crippen LogP contribution in [0.1, 0.15) is 54.7 Å². The van der Waals surface area contributed by atoms with Gasteiger partial charge < -0.3 is 9.42 Å². The monoisotopic (exact) mass is 382 g/mol. The predicted octanol–water partition coefficient (Wildman–Crippen LogP) is 3.48. The van der Waals surface area contributed by atoms with E-state index in [9.17, 15) is 4.79 Å². The van der Waals surface area contributed by atoms with E-state index in [0.29, 0.717) is 12.5 Å². The SMILES string of the molecule is Cc1noc(C)c1CN1CCCC(N(Cc2cccnc2)C(=O)C2CCC2)C1. The number of carbonyl (C=O) groups excluding carboxylic acids is 1. The van der Waals surface area contributed by atoms with Crippen LogP contribution in [0.4, 0.5) is 0 Å². The quantitative estimate of drug-likeness (QED) is 0.765. The molecule has 2 aliphatic rings. The largest absolute Gasteiger partial charge is 0.361 e. The third kappa shape index (κ3) is 4.12. The summed E-state index contributed by atoms with van der Waals surface area (Å²) >= 11 is 0. The van der Waals surface area contributed by atoms with E-state index in [1.807, 2.05) is 26.1 Å². The molecule has 1 saturated carbocycles. The van der Waals surface area contributed by atoms with Gasteiger partial charge in [0.15, 0.2) is 0 Å². The highest BCUT2D eigenvalue weighted by atomic mass is 16.5. The molecule has 0 N–H and O–H groups in total. The molecule has 1 atom stereocenters. The van der Waals surface area contributed by atoms with Crippen LogP contribution in [0.5, 0.6) is 0 Å². The van der Waals surface area contributed by atoms with E-state index in [4.69, 9.17) is 4.52 Å². The second-order valence-corrected chi connectivity index (χ2v) is 8.29. The third-order valence-electron chi connectivity index (χ3n) is 6.30. The molecule has 6 heteroatoms. The smallest absolute Gasteiger partial charge is 0.226 e. The van der Waals surface area contributed by atoms with Crippen molar-refractivity contribution in [3.05, 3.63) is 47.1 Å². The number of hydrogen-bond donors (Lipinski definition) is 0. The van der Waals surface area contributed by atoms with E-state index in [1.165, 1.54) is 12.0 Å². The Hall–Kier alpha value is -2.21. The molecule has 2 aromatic heterocycles. The molecule has 6 nitrogen and oxygen atoms in total. The van der Waals surface area contributed by atoms with Gasteiger partial charge in [0.05, 0.1) is 5.69 Å². The lowest BCUT2D eigenvalue weighted by molar-refractivity contribution is -0.142. The van der Waals surface area contributed by atoms with Crippen LogP contribution >= 0.6 is 0 Å². The van der Waals surface area contributed by atoms with Crippen molar-refractivity contribution in [3.8, 4) is 0 Å². The second kappa shape index (κ2) is 8.43. The number of carbonyl (C=O) groups is 1. The first-order valence-electron chi connectivity index (χ1n) is 10.5. The first-order valence-corrected chi connectivity index (χ1v) is 10.5. The van der Waals surface area contributed by atoms with Crippen LogP contribution in [0, 0.1) is 19.8 Å². The molecule has 1 saturated heterocycles. The molecule has 0 radical (unpaired) electrons. The molecular formula is C22H30N4O2. The van der Waals surface area contributed by atoms with E-state index < -0.39 is 0 Å². The maximum absolute atomic E-state index is 13.2. The van der Waals surface area contributed by atoms with Crippen LogP contribution in [-0.2, 0) is 17.9 Å². The fourth-order valence-corrected chi connectivity index (χ4v) is 4.35. The van der Waals surface area contributed by atoms with Crippen LogP contribution in [-0.4, -0.2) is 45.0 Å². The van der Waals surface area contributed by atoms with Crippen molar-refractivity contribution in [1.82, 2.24) is 19.9 Å². The van der Waals surface area contributed by atoms with E-state index in [-0.39, 0.29) is 12.0 Å². The summed E-state index contributed by atoms with van der Waals surface area (Å²) < 4.78 is 5.33. The molecule has 1 amide bonds. The summed E-state index contributed by atoms with van der Waals surface area (Å²) in [5.41, 5.74) is 3.26. The number of piperidine rings is 1. The highest BCUT2D eigenvalue weighted by Crippen LogP contribution is 2.31. The van der Waals surface area contributed by atoms with Crippen molar-refractivity contribution in [1.29, 1.82) is 0 Å². The summed E-state index contributed by atoms with van der Waals surface area (Å²) in [5.74, 6) is 1.45. The summed E-state index contributed by atoms with van der Waals surface area (Å²) in [4.78, 5) is 22.1. The standard InChI is InChI=1S/C22H30N4O2/c1-16-21(17(2)28-24-16)15-25-11-5-9-20(14-25)26(22(27)19-7-3-8-19)13-18-6-4-10-23-12-18/h4,6,10,12,19-20H,3,5,7-9,11,13-15H2,1-2H3. The zero-order valence-corrected chi connectivity index (χ0v) is 16.9. The number of likely N-dealkylation sites (tertiary alicyclic amines) is 1. The number of amides is 1. The fraction of sp³-hybridized carbons (Fsp3) is 0.591. The maximum Gasteiger partial charge on any atom is 0.226 e. The first-order chi connectivity index (χ1) is 13.6. The van der Waals surface area contributed by atoms with Gasteiger partial charge in [-0.1, -0.05) is 17.6 Å². The minimum atomic E-state index is 0.217. The molecule has 150 valence electrons. The Morgan fingerprint density at radius 1 is 1.29 bits per heavy atom. The number of hydrogen-bond acceptors (Lipinski definition) is 5. The van der Waals surface area contributed by atoms with Crippen LogP contribution in [0.3, 0.4) is 0 Å². The van der Waals surface area contributed by atoms with Gasteiger partial charge in [-0.15, -0.1) is 0 Å². The Morgan fingerprint density at radius 3 is 2.79 bits per heavy atom. The van der Waals surface area contributed by atoms with Crippen molar-refractivity contribution < 1.29 is 9.32 Å². The van der Waals surface area contributed by atoms with Gasteiger partial charge in [-0.05, 0) is 57.7 Å². The lowest BCUT2D eigenvalue weighted by Gasteiger charge is -2.42. The summed E-state index contributed by atoms with van der Waals surface area (Å²) in [6.45, 7) is 7.44. The molecule has 0 bridgehead atoms. The molecule has 2 fully saturated rings. The number of aromatic nitrogens is 2. The number of nitrogens with zero attached hydrogens (tertiary/aromatic N) is 4. The predicted molar refractivity (Wildman–Crippen MR) is 106 cm³/mol. The van der Waals surface area contributed by atoms with E-state index in [2.05, 4.69) is 26.0 Å². The Labute approximate surface area is 166 Å². The molecule has 4 rings (SSSR count). The van der Waals surface area contributed by atoms with E-state index >= 15 is 0 Å². The van der Waals surface area contributed by atoms with Gasteiger partial charge in [0.2, 0.25) is 5.91 Å². The van der Waals surface area contributed by atoms with E-state index in [1.54, 1.807) is 6.20 Å². The topological polar surface area (TPSA) is 62.5 Å². The summed E-state index contributed by atoms with van der Waals surface area (Å²) in [6.07, 6.45) is 9.10. The number of aryl methyl sites for hydroxylation is 2. The van der Waals surface area contributed by atoms with Gasteiger partial charge in [0, 0.05) is 49.6 Å². The van der Waals surface area contributed by atoms with Gasteiger partial charge >= 0.3 is 0 Å². The summed E-state index contributed by atoms with van der Waals surface area (Å²) in [5, 5.41) is 4.09. The molecule has 0 spiro atoms. The summed E-state index contributed by atoms with van der Waals surface area (Å²) in [7, 11) is 0.